The van der Waals surface area contributed by atoms with Crippen LogP contribution in [0, 0.1) is 6.92 Å². The number of sulfonamides is 1. The molecular weight excluding hydrogens is 218 g/mol. The Morgan fingerprint density at radius 1 is 1.57 bits per heavy atom. The van der Waals surface area contributed by atoms with Crippen LogP contribution in [-0.2, 0) is 10.0 Å². The minimum atomic E-state index is -3.29. The summed E-state index contributed by atoms with van der Waals surface area (Å²) in [5.74, 6) is 0. The molecule has 0 atom stereocenters. The van der Waals surface area contributed by atoms with Crippen molar-refractivity contribution in [1.29, 1.82) is 0 Å². The van der Waals surface area contributed by atoms with Gasteiger partial charge in [-0.1, -0.05) is 6.08 Å². The van der Waals surface area contributed by atoms with E-state index in [1.54, 1.807) is 18.2 Å². The fraction of sp³-hybridized carbons (Fsp3) is 0.333. The highest BCUT2D eigenvalue weighted by molar-refractivity contribution is 7.91. The Hall–Kier alpha value is -0.650. The van der Waals surface area contributed by atoms with Gasteiger partial charge in [-0.25, -0.2) is 13.1 Å². The topological polar surface area (TPSA) is 46.2 Å². The standard InChI is InChI=1S/C9H13NO2S2/c1-3-4-7-10-14(11,12)9-6-5-8(2)13-9/h3,5-6,10H,1,4,7H2,2H3. The maximum absolute atomic E-state index is 11.6. The van der Waals surface area contributed by atoms with E-state index in [4.69, 9.17) is 0 Å². The molecule has 14 heavy (non-hydrogen) atoms. The van der Waals surface area contributed by atoms with Crippen molar-refractivity contribution in [3.05, 3.63) is 29.7 Å². The van der Waals surface area contributed by atoms with Crippen molar-refractivity contribution in [1.82, 2.24) is 4.72 Å². The van der Waals surface area contributed by atoms with Crippen molar-refractivity contribution in [2.24, 2.45) is 0 Å². The Bertz CT molecular complexity index is 406. The number of hydrogen-bond acceptors (Lipinski definition) is 3. The van der Waals surface area contributed by atoms with Crippen LogP contribution in [0.3, 0.4) is 0 Å². The summed E-state index contributed by atoms with van der Waals surface area (Å²) in [6.45, 7) is 5.81. The summed E-state index contributed by atoms with van der Waals surface area (Å²) in [6.07, 6.45) is 2.33. The van der Waals surface area contributed by atoms with Gasteiger partial charge in [0.2, 0.25) is 10.0 Å². The summed E-state index contributed by atoms with van der Waals surface area (Å²) in [6, 6.07) is 3.42. The van der Waals surface area contributed by atoms with E-state index in [1.807, 2.05) is 6.92 Å². The molecule has 0 saturated heterocycles. The second-order valence-electron chi connectivity index (χ2n) is 2.84. The maximum atomic E-state index is 11.6. The fourth-order valence-electron chi connectivity index (χ4n) is 0.923. The van der Waals surface area contributed by atoms with E-state index in [9.17, 15) is 8.42 Å². The van der Waals surface area contributed by atoms with Gasteiger partial charge in [0, 0.05) is 11.4 Å². The third-order valence-electron chi connectivity index (χ3n) is 1.62. The van der Waals surface area contributed by atoms with Crippen LogP contribution in [0.15, 0.2) is 29.0 Å². The van der Waals surface area contributed by atoms with Gasteiger partial charge in [-0.05, 0) is 25.5 Å². The quantitative estimate of drug-likeness (QED) is 0.621. The number of rotatable bonds is 5. The first-order valence-corrected chi connectivity index (χ1v) is 6.53. The number of hydrogen-bond donors (Lipinski definition) is 1. The fourth-order valence-corrected chi connectivity index (χ4v) is 3.30. The summed E-state index contributed by atoms with van der Waals surface area (Å²) >= 11 is 1.28. The molecule has 0 unspecified atom stereocenters. The zero-order chi connectivity index (χ0) is 10.6. The molecule has 0 bridgehead atoms. The van der Waals surface area contributed by atoms with E-state index in [0.29, 0.717) is 17.2 Å². The van der Waals surface area contributed by atoms with E-state index in [1.165, 1.54) is 11.3 Å². The molecular formula is C9H13NO2S2. The smallest absolute Gasteiger partial charge is 0.210 e. The van der Waals surface area contributed by atoms with Crippen LogP contribution in [0.2, 0.25) is 0 Å². The predicted octanol–water partition coefficient (Wildman–Crippen LogP) is 1.91. The Labute approximate surface area is 88.5 Å². The zero-order valence-corrected chi connectivity index (χ0v) is 9.62. The molecule has 0 aliphatic carbocycles. The molecule has 0 saturated carbocycles. The van der Waals surface area contributed by atoms with Crippen LogP contribution in [0.25, 0.3) is 0 Å². The van der Waals surface area contributed by atoms with Gasteiger partial charge in [-0.2, -0.15) is 0 Å². The summed E-state index contributed by atoms with van der Waals surface area (Å²) in [5, 5.41) is 0. The largest absolute Gasteiger partial charge is 0.250 e. The molecule has 0 aromatic carbocycles. The van der Waals surface area contributed by atoms with Crippen molar-refractivity contribution in [2.45, 2.75) is 17.6 Å². The van der Waals surface area contributed by atoms with Crippen molar-refractivity contribution in [3.8, 4) is 0 Å². The molecule has 0 aliphatic rings. The molecule has 0 amide bonds. The highest BCUT2D eigenvalue weighted by Gasteiger charge is 2.14. The number of nitrogens with one attached hydrogen (secondary N) is 1. The normalized spacial score (nSPS) is 11.5. The van der Waals surface area contributed by atoms with Crippen molar-refractivity contribution >= 4 is 21.4 Å². The highest BCUT2D eigenvalue weighted by Crippen LogP contribution is 2.19. The summed E-state index contributed by atoms with van der Waals surface area (Å²) < 4.78 is 26.0. The van der Waals surface area contributed by atoms with Gasteiger partial charge < -0.3 is 0 Å². The minimum Gasteiger partial charge on any atom is -0.210 e. The van der Waals surface area contributed by atoms with Gasteiger partial charge in [0.15, 0.2) is 0 Å². The molecule has 1 heterocycles. The Morgan fingerprint density at radius 3 is 2.79 bits per heavy atom. The van der Waals surface area contributed by atoms with Crippen LogP contribution in [0.4, 0.5) is 0 Å². The summed E-state index contributed by atoms with van der Waals surface area (Å²) in [7, 11) is -3.29. The molecule has 1 aromatic rings. The van der Waals surface area contributed by atoms with E-state index in [-0.39, 0.29) is 0 Å². The molecule has 0 radical (unpaired) electrons. The lowest BCUT2D eigenvalue weighted by atomic mass is 10.4. The van der Waals surface area contributed by atoms with Crippen LogP contribution in [0.1, 0.15) is 11.3 Å². The lowest BCUT2D eigenvalue weighted by molar-refractivity contribution is 0.584. The molecule has 5 heteroatoms. The number of thiophene rings is 1. The van der Waals surface area contributed by atoms with Gasteiger partial charge in [-0.15, -0.1) is 17.9 Å². The van der Waals surface area contributed by atoms with E-state index < -0.39 is 10.0 Å². The molecule has 1 aromatic heterocycles. The molecule has 1 rings (SSSR count). The second kappa shape index (κ2) is 4.72. The van der Waals surface area contributed by atoms with E-state index in [0.717, 1.165) is 4.88 Å². The van der Waals surface area contributed by atoms with Gasteiger partial charge in [0.25, 0.3) is 0 Å². The monoisotopic (exact) mass is 231 g/mol. The Kier molecular flexibility index (Phi) is 3.86. The van der Waals surface area contributed by atoms with Gasteiger partial charge in [-0.3, -0.25) is 0 Å². The third-order valence-corrected chi connectivity index (χ3v) is 4.57. The molecule has 0 fully saturated rings. The number of aryl methyl sites for hydroxylation is 1. The SMILES string of the molecule is C=CCCNS(=O)(=O)c1ccc(C)s1. The maximum Gasteiger partial charge on any atom is 0.250 e. The predicted molar refractivity (Wildman–Crippen MR) is 59.1 cm³/mol. The first kappa shape index (κ1) is 11.4. The van der Waals surface area contributed by atoms with Crippen molar-refractivity contribution in [3.63, 3.8) is 0 Å². The van der Waals surface area contributed by atoms with Gasteiger partial charge in [0.1, 0.15) is 4.21 Å². The van der Waals surface area contributed by atoms with Crippen LogP contribution < -0.4 is 4.72 Å². The Morgan fingerprint density at radius 2 is 2.29 bits per heavy atom. The van der Waals surface area contributed by atoms with Crippen LogP contribution >= 0.6 is 11.3 Å². The van der Waals surface area contributed by atoms with E-state index in [2.05, 4.69) is 11.3 Å². The minimum absolute atomic E-state index is 0.374. The van der Waals surface area contributed by atoms with Crippen LogP contribution in [0.5, 0.6) is 0 Å². The lowest BCUT2D eigenvalue weighted by Crippen LogP contribution is -2.23. The molecule has 0 aliphatic heterocycles. The molecule has 1 N–H and O–H groups in total. The summed E-state index contributed by atoms with van der Waals surface area (Å²) in [4.78, 5) is 0.995. The molecule has 78 valence electrons. The van der Waals surface area contributed by atoms with Crippen molar-refractivity contribution < 1.29 is 8.42 Å². The second-order valence-corrected chi connectivity index (χ2v) is 6.12. The first-order valence-electron chi connectivity index (χ1n) is 4.23. The van der Waals surface area contributed by atoms with Crippen LogP contribution in [-0.4, -0.2) is 15.0 Å². The van der Waals surface area contributed by atoms with E-state index >= 15 is 0 Å². The summed E-state index contributed by atoms with van der Waals surface area (Å²) in [5.41, 5.74) is 0. The lowest BCUT2D eigenvalue weighted by Gasteiger charge is -2.01. The Balaban J connectivity index is 2.71. The van der Waals surface area contributed by atoms with Gasteiger partial charge >= 0.3 is 0 Å². The van der Waals surface area contributed by atoms with Crippen molar-refractivity contribution in [2.75, 3.05) is 6.54 Å². The highest BCUT2D eigenvalue weighted by atomic mass is 32.2. The zero-order valence-electron chi connectivity index (χ0n) is 7.99. The average Bonchev–Trinajstić information content (AvgIpc) is 2.53. The molecule has 0 spiro atoms. The molecule has 3 nitrogen and oxygen atoms in total. The average molecular weight is 231 g/mol. The third kappa shape index (κ3) is 2.94. The van der Waals surface area contributed by atoms with Gasteiger partial charge in [0.05, 0.1) is 0 Å². The first-order chi connectivity index (χ1) is 6.56.